The molecule has 0 atom stereocenters. The Bertz CT molecular complexity index is 709. The van der Waals surface area contributed by atoms with Crippen LogP contribution < -0.4 is 5.32 Å². The van der Waals surface area contributed by atoms with E-state index in [1.807, 2.05) is 0 Å². The summed E-state index contributed by atoms with van der Waals surface area (Å²) in [6.45, 7) is 1.46. The van der Waals surface area contributed by atoms with E-state index in [-0.39, 0.29) is 35.1 Å². The lowest BCUT2D eigenvalue weighted by molar-refractivity contribution is -0.136. The molecular weight excluding hydrogens is 327 g/mol. The van der Waals surface area contributed by atoms with Crippen LogP contribution in [0.2, 0.25) is 0 Å². The van der Waals surface area contributed by atoms with Crippen LogP contribution in [0.15, 0.2) is 36.4 Å². The van der Waals surface area contributed by atoms with Crippen molar-refractivity contribution in [1.82, 2.24) is 5.32 Å². The first kappa shape index (κ1) is 17.8. The molecule has 2 aromatic rings. The first-order valence-corrected chi connectivity index (χ1v) is 7.32. The summed E-state index contributed by atoms with van der Waals surface area (Å²) in [5, 5.41) is 3.74. The quantitative estimate of drug-likeness (QED) is 0.815. The average Bonchev–Trinajstić information content (AvgIpc) is 2.53. The molecule has 0 aliphatic carbocycles. The van der Waals surface area contributed by atoms with Crippen LogP contribution in [0.3, 0.4) is 0 Å². The van der Waals surface area contributed by atoms with Crippen molar-refractivity contribution in [3.63, 3.8) is 0 Å². The number of carbonyl (C=O) groups excluding carboxylic acids is 1. The normalized spacial score (nSPS) is 16.1. The fraction of sp³-hybridized carbons (Fsp3) is 0.353. The van der Waals surface area contributed by atoms with Crippen molar-refractivity contribution in [2.24, 2.45) is 5.92 Å². The second-order valence-corrected chi connectivity index (χ2v) is 5.63. The van der Waals surface area contributed by atoms with Gasteiger partial charge in [-0.15, -0.1) is 12.4 Å². The van der Waals surface area contributed by atoms with Crippen molar-refractivity contribution in [1.29, 1.82) is 0 Å². The van der Waals surface area contributed by atoms with Crippen molar-refractivity contribution >= 4 is 29.0 Å². The molecule has 1 fully saturated rings. The molecule has 1 N–H and O–H groups in total. The molecule has 2 aromatic carbocycles. The lowest BCUT2D eigenvalue weighted by Crippen LogP contribution is -2.32. The van der Waals surface area contributed by atoms with Gasteiger partial charge in [-0.1, -0.05) is 24.3 Å². The smallest absolute Gasteiger partial charge is 0.317 e. The van der Waals surface area contributed by atoms with Crippen molar-refractivity contribution < 1.29 is 18.0 Å². The summed E-state index contributed by atoms with van der Waals surface area (Å²) in [6.07, 6.45) is -3.12. The van der Waals surface area contributed by atoms with Crippen LogP contribution in [0, 0.1) is 5.92 Å². The highest BCUT2D eigenvalue weighted by atomic mass is 35.5. The van der Waals surface area contributed by atoms with E-state index in [1.165, 1.54) is 6.07 Å². The van der Waals surface area contributed by atoms with Gasteiger partial charge in [-0.2, -0.15) is 13.2 Å². The molecule has 1 aliphatic rings. The number of hydrogen-bond acceptors (Lipinski definition) is 2. The third kappa shape index (κ3) is 3.67. The summed E-state index contributed by atoms with van der Waals surface area (Å²) in [6, 6.07) is 8.90. The van der Waals surface area contributed by atoms with E-state index in [0.29, 0.717) is 18.2 Å². The first-order chi connectivity index (χ1) is 10.5. The Hall–Kier alpha value is -1.59. The lowest BCUT2D eigenvalue weighted by atomic mass is 9.88. The molecule has 2 nitrogen and oxygen atoms in total. The minimum Gasteiger partial charge on any atom is -0.317 e. The number of ketones is 1. The van der Waals surface area contributed by atoms with E-state index >= 15 is 0 Å². The van der Waals surface area contributed by atoms with Crippen LogP contribution in [0.25, 0.3) is 10.8 Å². The van der Waals surface area contributed by atoms with Crippen LogP contribution in [0.4, 0.5) is 13.2 Å². The molecule has 3 rings (SSSR count). The SMILES string of the molecule is Cl.O=C(c1cc(C(F)(F)F)c2ccccc2c1)C1CCNCC1. The zero-order valence-corrected chi connectivity index (χ0v) is 13.1. The maximum atomic E-state index is 13.3. The van der Waals surface area contributed by atoms with Gasteiger partial charge in [0.2, 0.25) is 0 Å². The summed E-state index contributed by atoms with van der Waals surface area (Å²) >= 11 is 0. The van der Waals surface area contributed by atoms with Gasteiger partial charge in [-0.3, -0.25) is 4.79 Å². The van der Waals surface area contributed by atoms with Crippen molar-refractivity contribution in [2.75, 3.05) is 13.1 Å². The van der Waals surface area contributed by atoms with Gasteiger partial charge in [-0.05, 0) is 48.8 Å². The first-order valence-electron chi connectivity index (χ1n) is 7.32. The van der Waals surface area contributed by atoms with E-state index in [0.717, 1.165) is 19.2 Å². The van der Waals surface area contributed by atoms with Gasteiger partial charge in [0, 0.05) is 11.5 Å². The Morgan fingerprint density at radius 3 is 2.39 bits per heavy atom. The summed E-state index contributed by atoms with van der Waals surface area (Å²) < 4.78 is 39.8. The monoisotopic (exact) mass is 343 g/mol. The van der Waals surface area contributed by atoms with Crippen molar-refractivity contribution in [2.45, 2.75) is 19.0 Å². The standard InChI is InChI=1S/C17H16F3NO.ClH/c18-17(19,20)15-10-13(9-12-3-1-2-4-14(12)15)16(22)11-5-7-21-8-6-11;/h1-4,9-11,21H,5-8H2;1H. The average molecular weight is 344 g/mol. The van der Waals surface area contributed by atoms with Crippen LogP contribution in [-0.2, 0) is 6.18 Å². The molecule has 0 bridgehead atoms. The van der Waals surface area contributed by atoms with E-state index < -0.39 is 11.7 Å². The zero-order chi connectivity index (χ0) is 15.7. The number of hydrogen-bond donors (Lipinski definition) is 1. The highest BCUT2D eigenvalue weighted by Crippen LogP contribution is 2.36. The molecule has 6 heteroatoms. The van der Waals surface area contributed by atoms with Crippen molar-refractivity contribution in [3.05, 3.63) is 47.5 Å². The Labute approximate surface area is 138 Å². The number of Topliss-reactive ketones (excluding diaryl/α,β-unsaturated/α-hetero) is 1. The molecule has 124 valence electrons. The molecule has 0 amide bonds. The van der Waals surface area contributed by atoms with Gasteiger partial charge in [0.15, 0.2) is 5.78 Å². The Balaban J connectivity index is 0.00000192. The van der Waals surface area contributed by atoms with Gasteiger partial charge >= 0.3 is 6.18 Å². The van der Waals surface area contributed by atoms with Gasteiger partial charge in [0.1, 0.15) is 0 Å². The van der Waals surface area contributed by atoms with Crippen LogP contribution in [0.1, 0.15) is 28.8 Å². The summed E-state index contributed by atoms with van der Waals surface area (Å²) in [5.74, 6) is -0.374. The molecular formula is C17H17ClF3NO. The molecule has 23 heavy (non-hydrogen) atoms. The topological polar surface area (TPSA) is 29.1 Å². The van der Waals surface area contributed by atoms with Gasteiger partial charge in [0.25, 0.3) is 0 Å². The van der Waals surface area contributed by atoms with Crippen LogP contribution in [-0.4, -0.2) is 18.9 Å². The minimum atomic E-state index is -4.47. The fourth-order valence-corrected chi connectivity index (χ4v) is 3.01. The Kier molecular flexibility index (Phi) is 5.32. The van der Waals surface area contributed by atoms with E-state index in [2.05, 4.69) is 5.32 Å². The summed E-state index contributed by atoms with van der Waals surface area (Å²) in [4.78, 5) is 12.5. The number of halogens is 4. The maximum absolute atomic E-state index is 13.3. The second kappa shape index (κ2) is 6.89. The number of nitrogens with one attached hydrogen (secondary N) is 1. The van der Waals surface area contributed by atoms with Crippen molar-refractivity contribution in [3.8, 4) is 0 Å². The largest absolute Gasteiger partial charge is 0.417 e. The number of benzene rings is 2. The Morgan fingerprint density at radius 1 is 1.09 bits per heavy atom. The van der Waals surface area contributed by atoms with Gasteiger partial charge in [-0.25, -0.2) is 0 Å². The molecule has 0 aromatic heterocycles. The highest BCUT2D eigenvalue weighted by molar-refractivity contribution is 6.02. The third-order valence-electron chi connectivity index (χ3n) is 4.16. The number of alkyl halides is 3. The molecule has 0 radical (unpaired) electrons. The molecule has 0 unspecified atom stereocenters. The van der Waals surface area contributed by atoms with E-state index in [4.69, 9.17) is 0 Å². The molecule has 1 heterocycles. The zero-order valence-electron chi connectivity index (χ0n) is 12.3. The minimum absolute atomic E-state index is 0. The highest BCUT2D eigenvalue weighted by Gasteiger charge is 2.34. The molecule has 1 aliphatic heterocycles. The number of fused-ring (bicyclic) bond motifs is 1. The molecule has 1 saturated heterocycles. The molecule has 0 spiro atoms. The predicted octanol–water partition coefficient (Wildman–Crippen LogP) is 4.46. The van der Waals surface area contributed by atoms with E-state index in [1.54, 1.807) is 24.3 Å². The van der Waals surface area contributed by atoms with E-state index in [9.17, 15) is 18.0 Å². The van der Waals surface area contributed by atoms with Crippen LogP contribution in [0.5, 0.6) is 0 Å². The van der Waals surface area contributed by atoms with Crippen LogP contribution >= 0.6 is 12.4 Å². The third-order valence-corrected chi connectivity index (χ3v) is 4.16. The number of rotatable bonds is 2. The Morgan fingerprint density at radius 2 is 1.74 bits per heavy atom. The number of piperidine rings is 1. The summed E-state index contributed by atoms with van der Waals surface area (Å²) in [5.41, 5.74) is -0.569. The molecule has 0 saturated carbocycles. The maximum Gasteiger partial charge on any atom is 0.417 e. The van der Waals surface area contributed by atoms with Gasteiger partial charge < -0.3 is 5.32 Å². The lowest BCUT2D eigenvalue weighted by Gasteiger charge is -2.22. The van der Waals surface area contributed by atoms with Gasteiger partial charge in [0.05, 0.1) is 5.56 Å². The summed E-state index contributed by atoms with van der Waals surface area (Å²) in [7, 11) is 0. The number of carbonyl (C=O) groups is 1. The fourth-order valence-electron chi connectivity index (χ4n) is 3.01. The second-order valence-electron chi connectivity index (χ2n) is 5.63. The predicted molar refractivity (Wildman–Crippen MR) is 86.1 cm³/mol.